The maximum absolute atomic E-state index is 5.99. The quantitative estimate of drug-likeness (QED) is 0.211. The van der Waals surface area contributed by atoms with Crippen LogP contribution in [0.3, 0.4) is 0 Å². The van der Waals surface area contributed by atoms with E-state index in [1.165, 1.54) is 0 Å². The van der Waals surface area contributed by atoms with Crippen molar-refractivity contribution in [2.75, 3.05) is 48.6 Å². The number of aromatic nitrogens is 6. The molecule has 0 aliphatic carbocycles. The highest BCUT2D eigenvalue weighted by Gasteiger charge is 2.13. The molecule has 4 heterocycles. The predicted molar refractivity (Wildman–Crippen MR) is 172 cm³/mol. The Morgan fingerprint density at radius 3 is 1.53 bits per heavy atom. The van der Waals surface area contributed by atoms with Gasteiger partial charge in [-0.05, 0) is 74.5 Å². The first kappa shape index (κ1) is 27.6. The summed E-state index contributed by atoms with van der Waals surface area (Å²) in [5, 5.41) is 8.69. The Morgan fingerprint density at radius 1 is 0.581 bits per heavy atom. The Balaban J connectivity index is 1.38. The first-order valence-electron chi connectivity index (χ1n) is 13.8. The first-order valence-corrected chi connectivity index (χ1v) is 13.8. The molecule has 11 heteroatoms. The number of fused-ring (bicyclic) bond motifs is 2. The zero-order chi connectivity index (χ0) is 30.1. The standard InChI is InChI=1S/C32H32N10O/c1-19-15-28(41(3)4)24-17-21(7-9-26(24)34-19)36-30-38-31(40-32(39-30)43-23-11-13-33-14-12-23)37-22-8-10-27-25(18-22)29(42(5)6)16-20(2)35-27/h7-18H,1-6H3,(H2,36,37,38,39,40). The van der Waals surface area contributed by atoms with E-state index >= 15 is 0 Å². The number of hydrogen-bond donors (Lipinski definition) is 2. The molecule has 0 spiro atoms. The van der Waals surface area contributed by atoms with Crippen LogP contribution in [0.1, 0.15) is 11.4 Å². The number of ether oxygens (including phenoxy) is 1. The number of nitrogens with one attached hydrogen (secondary N) is 2. The number of rotatable bonds is 8. The lowest BCUT2D eigenvalue weighted by molar-refractivity contribution is 0.441. The van der Waals surface area contributed by atoms with Crippen molar-refractivity contribution in [2.24, 2.45) is 0 Å². The summed E-state index contributed by atoms with van der Waals surface area (Å²) in [5.74, 6) is 1.20. The fraction of sp³-hybridized carbons (Fsp3) is 0.188. The second kappa shape index (κ2) is 11.4. The summed E-state index contributed by atoms with van der Waals surface area (Å²) in [7, 11) is 8.08. The molecule has 0 unspecified atom stereocenters. The summed E-state index contributed by atoms with van der Waals surface area (Å²) >= 11 is 0. The molecule has 0 radical (unpaired) electrons. The van der Waals surface area contributed by atoms with Gasteiger partial charge in [0.1, 0.15) is 5.75 Å². The molecule has 0 atom stereocenters. The van der Waals surface area contributed by atoms with Crippen molar-refractivity contribution in [2.45, 2.75) is 13.8 Å². The number of nitrogens with zero attached hydrogens (tertiary/aromatic N) is 8. The molecule has 2 N–H and O–H groups in total. The largest absolute Gasteiger partial charge is 0.424 e. The molecule has 6 aromatic rings. The molecule has 2 aromatic carbocycles. The monoisotopic (exact) mass is 572 g/mol. The van der Waals surface area contributed by atoms with Gasteiger partial charge in [0.05, 0.1) is 11.0 Å². The van der Waals surface area contributed by atoms with Crippen molar-refractivity contribution >= 4 is 56.5 Å². The van der Waals surface area contributed by atoms with Gasteiger partial charge < -0.3 is 25.2 Å². The minimum Gasteiger partial charge on any atom is -0.424 e. The van der Waals surface area contributed by atoms with Crippen molar-refractivity contribution in [3.8, 4) is 11.8 Å². The third-order valence-electron chi connectivity index (χ3n) is 6.78. The van der Waals surface area contributed by atoms with Crippen LogP contribution in [0.4, 0.5) is 34.6 Å². The number of pyridine rings is 3. The highest BCUT2D eigenvalue weighted by atomic mass is 16.5. The molecule has 0 saturated carbocycles. The van der Waals surface area contributed by atoms with E-state index in [1.807, 2.05) is 78.4 Å². The topological polar surface area (TPSA) is 117 Å². The van der Waals surface area contributed by atoms with Crippen molar-refractivity contribution in [3.05, 3.63) is 84.4 Å². The van der Waals surface area contributed by atoms with Gasteiger partial charge in [0.2, 0.25) is 11.9 Å². The first-order chi connectivity index (χ1) is 20.7. The normalized spacial score (nSPS) is 11.0. The van der Waals surface area contributed by atoms with Gasteiger partial charge in [-0.1, -0.05) is 0 Å². The van der Waals surface area contributed by atoms with Gasteiger partial charge in [0.25, 0.3) is 0 Å². The molecule has 0 bridgehead atoms. The van der Waals surface area contributed by atoms with E-state index in [1.54, 1.807) is 24.5 Å². The van der Waals surface area contributed by atoms with Gasteiger partial charge in [-0.3, -0.25) is 15.0 Å². The Labute approximate surface area is 249 Å². The predicted octanol–water partition coefficient (Wildman–Crippen LogP) is 6.39. The van der Waals surface area contributed by atoms with Crippen LogP contribution in [-0.2, 0) is 0 Å². The molecule has 6 rings (SSSR count). The zero-order valence-electron chi connectivity index (χ0n) is 24.9. The molecule has 0 amide bonds. The van der Waals surface area contributed by atoms with Crippen LogP contribution < -0.4 is 25.2 Å². The summed E-state index contributed by atoms with van der Waals surface area (Å²) in [6, 6.07) is 19.7. The van der Waals surface area contributed by atoms with E-state index < -0.39 is 0 Å². The van der Waals surface area contributed by atoms with E-state index in [9.17, 15) is 0 Å². The second-order valence-corrected chi connectivity index (χ2v) is 10.6. The molecule has 216 valence electrons. The molecule has 0 aliphatic heterocycles. The molecular formula is C32H32N10O. The molecule has 4 aromatic heterocycles. The van der Waals surface area contributed by atoms with Gasteiger partial charge in [-0.2, -0.15) is 15.0 Å². The Hall–Kier alpha value is -5.58. The average Bonchev–Trinajstić information content (AvgIpc) is 2.97. The van der Waals surface area contributed by atoms with Crippen LogP contribution in [0, 0.1) is 13.8 Å². The molecule has 0 aliphatic rings. The minimum absolute atomic E-state index is 0.130. The highest BCUT2D eigenvalue weighted by molar-refractivity contribution is 5.95. The average molecular weight is 573 g/mol. The highest BCUT2D eigenvalue weighted by Crippen LogP contribution is 2.31. The fourth-order valence-corrected chi connectivity index (χ4v) is 4.85. The Morgan fingerprint density at radius 2 is 1.07 bits per heavy atom. The summed E-state index contributed by atoms with van der Waals surface area (Å²) < 4.78 is 5.99. The number of anilines is 6. The summed E-state index contributed by atoms with van der Waals surface area (Å²) in [5.41, 5.74) is 7.49. The Bertz CT molecular complexity index is 1830. The van der Waals surface area contributed by atoms with Crippen LogP contribution in [0.5, 0.6) is 11.8 Å². The maximum Gasteiger partial charge on any atom is 0.328 e. The molecular weight excluding hydrogens is 540 g/mol. The fourth-order valence-electron chi connectivity index (χ4n) is 4.85. The van der Waals surface area contributed by atoms with Crippen molar-refractivity contribution in [1.29, 1.82) is 0 Å². The SMILES string of the molecule is Cc1cc(N(C)C)c2cc(Nc3nc(Nc4ccc5nc(C)cc(N(C)C)c5c4)nc(Oc4ccncc4)n3)ccc2n1. The summed E-state index contributed by atoms with van der Waals surface area (Å²) in [6.45, 7) is 3.99. The van der Waals surface area contributed by atoms with Crippen LogP contribution in [-0.4, -0.2) is 58.1 Å². The lowest BCUT2D eigenvalue weighted by Crippen LogP contribution is -2.10. The lowest BCUT2D eigenvalue weighted by atomic mass is 10.1. The molecule has 11 nitrogen and oxygen atoms in total. The summed E-state index contributed by atoms with van der Waals surface area (Å²) in [6.07, 6.45) is 3.30. The van der Waals surface area contributed by atoms with Crippen LogP contribution in [0.2, 0.25) is 0 Å². The van der Waals surface area contributed by atoms with Gasteiger partial charge in [0.15, 0.2) is 0 Å². The smallest absolute Gasteiger partial charge is 0.328 e. The van der Waals surface area contributed by atoms with Crippen LogP contribution >= 0.6 is 0 Å². The minimum atomic E-state index is 0.130. The van der Waals surface area contributed by atoms with Crippen LogP contribution in [0.25, 0.3) is 21.8 Å². The number of aryl methyl sites for hydroxylation is 2. The second-order valence-electron chi connectivity index (χ2n) is 10.6. The summed E-state index contributed by atoms with van der Waals surface area (Å²) in [4.78, 5) is 31.4. The van der Waals surface area contributed by atoms with E-state index in [-0.39, 0.29) is 6.01 Å². The Kier molecular flexibility index (Phi) is 7.29. The molecule has 43 heavy (non-hydrogen) atoms. The van der Waals surface area contributed by atoms with Gasteiger partial charge in [-0.25, -0.2) is 0 Å². The lowest BCUT2D eigenvalue weighted by Gasteiger charge is -2.17. The van der Waals surface area contributed by atoms with Gasteiger partial charge in [0, 0.05) is 85.5 Å². The number of hydrogen-bond acceptors (Lipinski definition) is 11. The van der Waals surface area contributed by atoms with E-state index in [4.69, 9.17) is 14.7 Å². The van der Waals surface area contributed by atoms with E-state index in [0.717, 1.165) is 55.9 Å². The zero-order valence-corrected chi connectivity index (χ0v) is 24.9. The van der Waals surface area contributed by atoms with Gasteiger partial charge >= 0.3 is 6.01 Å². The molecule has 0 fully saturated rings. The third-order valence-corrected chi connectivity index (χ3v) is 6.78. The third kappa shape index (κ3) is 6.05. The van der Waals surface area contributed by atoms with Crippen molar-refractivity contribution in [3.63, 3.8) is 0 Å². The van der Waals surface area contributed by atoms with Crippen molar-refractivity contribution in [1.82, 2.24) is 29.9 Å². The van der Waals surface area contributed by atoms with E-state index in [2.05, 4.69) is 52.5 Å². The van der Waals surface area contributed by atoms with Crippen molar-refractivity contribution < 1.29 is 4.74 Å². The van der Waals surface area contributed by atoms with Gasteiger partial charge in [-0.15, -0.1) is 0 Å². The van der Waals surface area contributed by atoms with Crippen LogP contribution in [0.15, 0.2) is 73.1 Å². The number of benzene rings is 2. The molecule has 0 saturated heterocycles. The van der Waals surface area contributed by atoms with E-state index in [0.29, 0.717) is 17.6 Å². The maximum atomic E-state index is 5.99.